The molecule has 0 unspecified atom stereocenters. The molecule has 0 aliphatic carbocycles. The maximum atomic E-state index is 12.9. The predicted octanol–water partition coefficient (Wildman–Crippen LogP) is 0.561. The fourth-order valence-corrected chi connectivity index (χ4v) is 6.02. The van der Waals surface area contributed by atoms with Crippen molar-refractivity contribution in [2.75, 3.05) is 62.1 Å². The van der Waals surface area contributed by atoms with Gasteiger partial charge in [0.15, 0.2) is 5.82 Å². The molecule has 0 spiro atoms. The molecule has 11 heteroatoms. The van der Waals surface area contributed by atoms with E-state index in [9.17, 15) is 9.59 Å². The molecule has 1 N–H and O–H groups in total. The van der Waals surface area contributed by atoms with Gasteiger partial charge in [0.05, 0.1) is 23.6 Å². The predicted molar refractivity (Wildman–Crippen MR) is 115 cm³/mol. The van der Waals surface area contributed by atoms with Crippen LogP contribution in [-0.2, 0) is 15.3 Å². The Morgan fingerprint density at radius 3 is 2.71 bits per heavy atom. The Kier molecular flexibility index (Phi) is 6.64. The van der Waals surface area contributed by atoms with Crippen molar-refractivity contribution in [3.05, 3.63) is 5.82 Å². The van der Waals surface area contributed by atoms with Gasteiger partial charge in [-0.3, -0.25) is 9.59 Å². The number of hydrogen-bond acceptors (Lipinski definition) is 9. The molecule has 1 aromatic rings. The number of rotatable bonds is 5. The van der Waals surface area contributed by atoms with E-state index < -0.39 is 0 Å². The summed E-state index contributed by atoms with van der Waals surface area (Å²) in [6.07, 6.45) is 2.67. The summed E-state index contributed by atoms with van der Waals surface area (Å²) in [6, 6.07) is -0.204. The number of carbonyl (C=O) groups is 2. The second kappa shape index (κ2) is 9.19. The highest BCUT2D eigenvalue weighted by Gasteiger charge is 2.38. The molecule has 1 aromatic heterocycles. The van der Waals surface area contributed by atoms with Gasteiger partial charge in [-0.25, -0.2) is 4.98 Å². The van der Waals surface area contributed by atoms with Gasteiger partial charge in [0, 0.05) is 56.6 Å². The molecular weight excluding hydrogens is 416 g/mol. The Morgan fingerprint density at radius 2 is 2.00 bits per heavy atom. The van der Waals surface area contributed by atoms with E-state index in [0.717, 1.165) is 48.0 Å². The van der Waals surface area contributed by atoms with Crippen molar-refractivity contribution in [2.24, 2.45) is 5.92 Å². The lowest BCUT2D eigenvalue weighted by Crippen LogP contribution is -2.50. The Hall–Kier alpha value is -1.04. The third-order valence-corrected chi connectivity index (χ3v) is 7.76. The third-order valence-electron chi connectivity index (χ3n) is 5.44. The van der Waals surface area contributed by atoms with Gasteiger partial charge in [-0.1, -0.05) is 0 Å². The molecule has 3 aliphatic heterocycles. The number of amides is 2. The van der Waals surface area contributed by atoms with Crippen LogP contribution in [0.4, 0.5) is 5.13 Å². The van der Waals surface area contributed by atoms with Gasteiger partial charge in [-0.05, 0) is 12.7 Å². The minimum absolute atomic E-state index is 0.0922. The summed E-state index contributed by atoms with van der Waals surface area (Å²) in [6.45, 7) is 4.40. The number of nitrogens with one attached hydrogen (secondary N) is 1. The molecule has 154 valence electrons. The van der Waals surface area contributed by atoms with Crippen LogP contribution in [0.5, 0.6) is 0 Å². The molecule has 0 radical (unpaired) electrons. The molecular formula is C17H26N6O2S3. The van der Waals surface area contributed by atoms with E-state index in [2.05, 4.69) is 19.6 Å². The summed E-state index contributed by atoms with van der Waals surface area (Å²) in [4.78, 5) is 36.1. The van der Waals surface area contributed by atoms with Gasteiger partial charge in [0.1, 0.15) is 0 Å². The highest BCUT2D eigenvalue weighted by molar-refractivity contribution is 7.99. The van der Waals surface area contributed by atoms with E-state index in [-0.39, 0.29) is 23.8 Å². The minimum atomic E-state index is -0.204. The quantitative estimate of drug-likeness (QED) is 0.709. The van der Waals surface area contributed by atoms with Crippen molar-refractivity contribution in [1.82, 2.24) is 24.5 Å². The van der Waals surface area contributed by atoms with Crippen LogP contribution in [0.1, 0.15) is 12.2 Å². The zero-order valence-corrected chi connectivity index (χ0v) is 18.5. The lowest BCUT2D eigenvalue weighted by Gasteiger charge is -2.35. The molecule has 3 aliphatic rings. The number of anilines is 1. The van der Waals surface area contributed by atoms with Crippen molar-refractivity contribution in [3.8, 4) is 0 Å². The first-order chi connectivity index (χ1) is 13.7. The molecule has 28 heavy (non-hydrogen) atoms. The van der Waals surface area contributed by atoms with Crippen LogP contribution in [0.25, 0.3) is 0 Å². The lowest BCUT2D eigenvalue weighted by molar-refractivity contribution is -0.135. The number of hydrogen-bond donors (Lipinski definition) is 1. The third kappa shape index (κ3) is 4.42. The van der Waals surface area contributed by atoms with Gasteiger partial charge in [-0.15, -0.1) is 11.8 Å². The first-order valence-corrected chi connectivity index (χ1v) is 12.9. The molecule has 0 bridgehead atoms. The Bertz CT molecular complexity index is 703. The van der Waals surface area contributed by atoms with Crippen LogP contribution in [-0.4, -0.2) is 94.2 Å². The summed E-state index contributed by atoms with van der Waals surface area (Å²) >= 11 is 4.95. The van der Waals surface area contributed by atoms with Crippen LogP contribution in [0, 0.1) is 5.92 Å². The number of aromatic nitrogens is 2. The first kappa shape index (κ1) is 20.2. The van der Waals surface area contributed by atoms with Crippen LogP contribution in [0.3, 0.4) is 0 Å². The molecule has 2 atom stereocenters. The summed E-state index contributed by atoms with van der Waals surface area (Å²) in [5, 5.41) is 4.23. The number of thioether (sulfide) groups is 2. The van der Waals surface area contributed by atoms with E-state index in [0.29, 0.717) is 26.1 Å². The second-order valence-electron chi connectivity index (χ2n) is 7.27. The minimum Gasteiger partial charge on any atom is -0.343 e. The van der Waals surface area contributed by atoms with Crippen LogP contribution >= 0.6 is 35.1 Å². The van der Waals surface area contributed by atoms with Gasteiger partial charge in [-0.2, -0.15) is 16.1 Å². The van der Waals surface area contributed by atoms with Crippen LogP contribution in [0.15, 0.2) is 0 Å². The number of carbonyl (C=O) groups excluding carboxylic acids is 2. The monoisotopic (exact) mass is 442 g/mol. The fraction of sp³-hybridized carbons (Fsp3) is 0.765. The van der Waals surface area contributed by atoms with Crippen molar-refractivity contribution >= 4 is 52.0 Å². The van der Waals surface area contributed by atoms with E-state index in [1.54, 1.807) is 23.5 Å². The van der Waals surface area contributed by atoms with Gasteiger partial charge < -0.3 is 20.0 Å². The topological polar surface area (TPSA) is 81.7 Å². The summed E-state index contributed by atoms with van der Waals surface area (Å²) in [5.41, 5.74) is 0. The largest absolute Gasteiger partial charge is 0.343 e. The number of piperazine rings is 1. The van der Waals surface area contributed by atoms with Crippen molar-refractivity contribution in [1.29, 1.82) is 0 Å². The van der Waals surface area contributed by atoms with Crippen molar-refractivity contribution in [3.63, 3.8) is 0 Å². The van der Waals surface area contributed by atoms with Crippen molar-refractivity contribution in [2.45, 2.75) is 18.2 Å². The molecule has 3 saturated heterocycles. The highest BCUT2D eigenvalue weighted by atomic mass is 32.2. The highest BCUT2D eigenvalue weighted by Crippen LogP contribution is 2.24. The molecule has 4 heterocycles. The first-order valence-electron chi connectivity index (χ1n) is 9.61. The summed E-state index contributed by atoms with van der Waals surface area (Å²) in [7, 11) is 0. The second-order valence-corrected chi connectivity index (χ2v) is 9.94. The standard InChI is InChI=1S/C17H26N6O2S3/c1-26-10-14-19-17(28-20-14)22-4-2-21(3-5-22)15(24)12-8-13(18-9-12)16(25)23-6-7-27-11-23/h12-13,18H,2-11H2,1H3/t12-,13-/m0/s1. The normalized spacial score (nSPS) is 25.5. The number of nitrogens with zero attached hydrogens (tertiary/aromatic N) is 5. The molecule has 4 rings (SSSR count). The Labute approximate surface area is 178 Å². The SMILES string of the molecule is CSCc1nsc(N2CCN(C(=O)[C@@H]3CN[C@H](C(=O)N4CCSC4)C3)CC2)n1. The van der Waals surface area contributed by atoms with Gasteiger partial charge in [0.25, 0.3) is 0 Å². The van der Waals surface area contributed by atoms with E-state index >= 15 is 0 Å². The average Bonchev–Trinajstić information content (AvgIpc) is 3.49. The smallest absolute Gasteiger partial charge is 0.240 e. The fourth-order valence-electron chi connectivity index (χ4n) is 3.86. The maximum absolute atomic E-state index is 12.9. The molecule has 8 nitrogen and oxygen atoms in total. The summed E-state index contributed by atoms with van der Waals surface area (Å²) in [5.74, 6) is 3.75. The molecule has 0 saturated carbocycles. The zero-order chi connectivity index (χ0) is 19.5. The van der Waals surface area contributed by atoms with Crippen LogP contribution in [0.2, 0.25) is 0 Å². The van der Waals surface area contributed by atoms with Crippen molar-refractivity contribution < 1.29 is 9.59 Å². The summed E-state index contributed by atoms with van der Waals surface area (Å²) < 4.78 is 4.40. The lowest BCUT2D eigenvalue weighted by atomic mass is 10.0. The van der Waals surface area contributed by atoms with E-state index in [1.165, 1.54) is 11.5 Å². The van der Waals surface area contributed by atoms with Gasteiger partial charge in [0.2, 0.25) is 16.9 Å². The Balaban J connectivity index is 1.26. The van der Waals surface area contributed by atoms with E-state index in [4.69, 9.17) is 0 Å². The Morgan fingerprint density at radius 1 is 1.18 bits per heavy atom. The molecule has 0 aromatic carbocycles. The molecule has 2 amide bonds. The van der Waals surface area contributed by atoms with E-state index in [1.807, 2.05) is 16.1 Å². The molecule has 3 fully saturated rings. The average molecular weight is 443 g/mol. The van der Waals surface area contributed by atoms with Crippen LogP contribution < -0.4 is 10.2 Å². The maximum Gasteiger partial charge on any atom is 0.240 e. The zero-order valence-electron chi connectivity index (χ0n) is 16.0. The van der Waals surface area contributed by atoms with Gasteiger partial charge >= 0.3 is 0 Å².